The topological polar surface area (TPSA) is 12.5 Å². The first-order valence-corrected chi connectivity index (χ1v) is 5.29. The zero-order valence-electron chi connectivity index (χ0n) is 8.18. The number of rotatable bonds is 0. The Hall–Kier alpha value is -1.60. The SMILES string of the molecule is c1ccc2c(c1)-c1ccccc1[C@@H]1O[C@H]21. The smallest absolute Gasteiger partial charge is 0.114 e. The van der Waals surface area contributed by atoms with Gasteiger partial charge in [0.1, 0.15) is 12.2 Å². The highest BCUT2D eigenvalue weighted by atomic mass is 16.6. The van der Waals surface area contributed by atoms with Crippen molar-refractivity contribution in [3.8, 4) is 11.1 Å². The molecule has 0 N–H and O–H groups in total. The average molecular weight is 194 g/mol. The molecule has 1 fully saturated rings. The minimum absolute atomic E-state index is 0.316. The third-order valence-electron chi connectivity index (χ3n) is 3.32. The van der Waals surface area contributed by atoms with Gasteiger partial charge in [-0.2, -0.15) is 0 Å². The van der Waals surface area contributed by atoms with Crippen molar-refractivity contribution < 1.29 is 4.74 Å². The van der Waals surface area contributed by atoms with Crippen molar-refractivity contribution in [3.05, 3.63) is 59.7 Å². The van der Waals surface area contributed by atoms with Crippen molar-refractivity contribution in [1.29, 1.82) is 0 Å². The van der Waals surface area contributed by atoms with Gasteiger partial charge >= 0.3 is 0 Å². The monoisotopic (exact) mass is 194 g/mol. The van der Waals surface area contributed by atoms with E-state index >= 15 is 0 Å². The predicted octanol–water partition coefficient (Wildman–Crippen LogP) is 3.48. The van der Waals surface area contributed by atoms with E-state index in [-0.39, 0.29) is 0 Å². The molecule has 15 heavy (non-hydrogen) atoms. The van der Waals surface area contributed by atoms with Crippen molar-refractivity contribution in [2.75, 3.05) is 0 Å². The lowest BCUT2D eigenvalue weighted by atomic mass is 9.86. The fourth-order valence-electron chi connectivity index (χ4n) is 2.57. The Balaban J connectivity index is 2.09. The summed E-state index contributed by atoms with van der Waals surface area (Å²) in [6, 6.07) is 17.1. The van der Waals surface area contributed by atoms with Gasteiger partial charge in [-0.05, 0) is 22.3 Å². The molecule has 72 valence electrons. The van der Waals surface area contributed by atoms with Crippen molar-refractivity contribution in [1.82, 2.24) is 0 Å². The number of hydrogen-bond donors (Lipinski definition) is 0. The van der Waals surface area contributed by atoms with E-state index < -0.39 is 0 Å². The average Bonchev–Trinajstić information content (AvgIpc) is 3.10. The van der Waals surface area contributed by atoms with Crippen LogP contribution in [0.15, 0.2) is 48.5 Å². The molecule has 2 atom stereocenters. The number of benzene rings is 2. The van der Waals surface area contributed by atoms with Crippen LogP contribution in [0.4, 0.5) is 0 Å². The molecule has 0 bridgehead atoms. The predicted molar refractivity (Wildman–Crippen MR) is 58.4 cm³/mol. The maximum atomic E-state index is 5.73. The van der Waals surface area contributed by atoms with E-state index in [1.807, 2.05) is 0 Å². The Morgan fingerprint density at radius 3 is 1.67 bits per heavy atom. The highest BCUT2D eigenvalue weighted by Crippen LogP contribution is 2.58. The Bertz CT molecular complexity index is 495. The van der Waals surface area contributed by atoms with Crippen LogP contribution in [0.1, 0.15) is 23.3 Å². The molecular formula is C14H10O. The molecule has 2 aliphatic rings. The van der Waals surface area contributed by atoms with E-state index in [4.69, 9.17) is 4.74 Å². The summed E-state index contributed by atoms with van der Waals surface area (Å²) in [6.45, 7) is 0. The summed E-state index contributed by atoms with van der Waals surface area (Å²) in [7, 11) is 0. The molecule has 2 aromatic rings. The highest BCUT2D eigenvalue weighted by molar-refractivity contribution is 5.75. The molecule has 1 heterocycles. The molecule has 0 radical (unpaired) electrons. The van der Waals surface area contributed by atoms with Crippen molar-refractivity contribution in [2.24, 2.45) is 0 Å². The van der Waals surface area contributed by atoms with Crippen LogP contribution in [0.3, 0.4) is 0 Å². The summed E-state index contributed by atoms with van der Waals surface area (Å²) in [6.07, 6.45) is 0.632. The zero-order valence-corrected chi connectivity index (χ0v) is 8.18. The van der Waals surface area contributed by atoms with Crippen LogP contribution in [0.2, 0.25) is 0 Å². The summed E-state index contributed by atoms with van der Waals surface area (Å²) in [5, 5.41) is 0. The second kappa shape index (κ2) is 2.50. The molecular weight excluding hydrogens is 184 g/mol. The second-order valence-electron chi connectivity index (χ2n) is 4.15. The fraction of sp³-hybridized carbons (Fsp3) is 0.143. The minimum Gasteiger partial charge on any atom is -0.359 e. The minimum atomic E-state index is 0.316. The van der Waals surface area contributed by atoms with Crippen LogP contribution >= 0.6 is 0 Å². The first kappa shape index (κ1) is 7.66. The van der Waals surface area contributed by atoms with Gasteiger partial charge < -0.3 is 4.74 Å². The molecule has 1 heteroatoms. The fourth-order valence-corrected chi connectivity index (χ4v) is 2.57. The standard InChI is InChI=1S/C14H10O/c1-3-7-11-9(5-1)10-6-2-4-8-12(10)14-13(11)15-14/h1-8,13-14H/t13-,14+. The van der Waals surface area contributed by atoms with Crippen LogP contribution in [0.5, 0.6) is 0 Å². The van der Waals surface area contributed by atoms with Crippen LogP contribution in [0.25, 0.3) is 11.1 Å². The summed E-state index contributed by atoms with van der Waals surface area (Å²) in [4.78, 5) is 0. The molecule has 2 aromatic carbocycles. The first-order chi connectivity index (χ1) is 7.45. The zero-order chi connectivity index (χ0) is 9.83. The Kier molecular flexibility index (Phi) is 1.28. The molecule has 0 unspecified atom stereocenters. The lowest BCUT2D eigenvalue weighted by Gasteiger charge is -2.15. The van der Waals surface area contributed by atoms with Gasteiger partial charge in [0.15, 0.2) is 0 Å². The van der Waals surface area contributed by atoms with Gasteiger partial charge in [-0.25, -0.2) is 0 Å². The van der Waals surface area contributed by atoms with Gasteiger partial charge in [0, 0.05) is 0 Å². The molecule has 0 amide bonds. The van der Waals surface area contributed by atoms with Crippen LogP contribution in [-0.4, -0.2) is 0 Å². The van der Waals surface area contributed by atoms with Gasteiger partial charge in [0.05, 0.1) is 0 Å². The maximum absolute atomic E-state index is 5.73. The highest BCUT2D eigenvalue weighted by Gasteiger charge is 2.46. The number of ether oxygens (including phenoxy) is 1. The molecule has 1 aliphatic heterocycles. The molecule has 0 saturated carbocycles. The van der Waals surface area contributed by atoms with E-state index in [0.29, 0.717) is 12.2 Å². The van der Waals surface area contributed by atoms with E-state index in [9.17, 15) is 0 Å². The molecule has 0 aromatic heterocycles. The maximum Gasteiger partial charge on any atom is 0.114 e. The van der Waals surface area contributed by atoms with E-state index in [1.54, 1.807) is 0 Å². The molecule has 1 aliphatic carbocycles. The van der Waals surface area contributed by atoms with E-state index in [0.717, 1.165) is 0 Å². The second-order valence-corrected chi connectivity index (χ2v) is 4.15. The molecule has 4 rings (SSSR count). The normalized spacial score (nSPS) is 25.1. The third-order valence-corrected chi connectivity index (χ3v) is 3.32. The van der Waals surface area contributed by atoms with Gasteiger partial charge in [0.2, 0.25) is 0 Å². The van der Waals surface area contributed by atoms with Gasteiger partial charge in [0.25, 0.3) is 0 Å². The van der Waals surface area contributed by atoms with Gasteiger partial charge in [-0.3, -0.25) is 0 Å². The summed E-state index contributed by atoms with van der Waals surface area (Å²) in [5.74, 6) is 0. The third kappa shape index (κ3) is 0.910. The molecule has 1 nitrogen and oxygen atoms in total. The van der Waals surface area contributed by atoms with Crippen molar-refractivity contribution >= 4 is 0 Å². The number of epoxide rings is 1. The van der Waals surface area contributed by atoms with Crippen LogP contribution in [-0.2, 0) is 4.74 Å². The number of hydrogen-bond acceptors (Lipinski definition) is 1. The van der Waals surface area contributed by atoms with Crippen LogP contribution in [0, 0.1) is 0 Å². The van der Waals surface area contributed by atoms with Gasteiger partial charge in [-0.15, -0.1) is 0 Å². The quantitative estimate of drug-likeness (QED) is 0.585. The van der Waals surface area contributed by atoms with Crippen molar-refractivity contribution in [3.63, 3.8) is 0 Å². The van der Waals surface area contributed by atoms with Gasteiger partial charge in [-0.1, -0.05) is 48.5 Å². The largest absolute Gasteiger partial charge is 0.359 e. The van der Waals surface area contributed by atoms with E-state index in [2.05, 4.69) is 48.5 Å². The lowest BCUT2D eigenvalue weighted by Crippen LogP contribution is -1.98. The van der Waals surface area contributed by atoms with Crippen molar-refractivity contribution in [2.45, 2.75) is 12.2 Å². The summed E-state index contributed by atoms with van der Waals surface area (Å²) in [5.41, 5.74) is 5.38. The summed E-state index contributed by atoms with van der Waals surface area (Å²) < 4.78 is 5.73. The summed E-state index contributed by atoms with van der Waals surface area (Å²) >= 11 is 0. The van der Waals surface area contributed by atoms with E-state index in [1.165, 1.54) is 22.3 Å². The molecule has 0 spiro atoms. The Morgan fingerprint density at radius 2 is 1.13 bits per heavy atom. The molecule has 1 saturated heterocycles. The Morgan fingerprint density at radius 1 is 0.667 bits per heavy atom. The lowest BCUT2D eigenvalue weighted by molar-refractivity contribution is 0.380. The Labute approximate surface area is 88.3 Å². The van der Waals surface area contributed by atoms with Crippen LogP contribution < -0.4 is 0 Å². The number of fused-ring (bicyclic) bond motifs is 6. The first-order valence-electron chi connectivity index (χ1n) is 5.29.